The molecule has 0 aliphatic heterocycles. The van der Waals surface area contributed by atoms with Crippen LogP contribution >= 0.6 is 0 Å². The molecule has 5 nitrogen and oxygen atoms in total. The molecular weight excluding hydrogens is 276 g/mol. The Labute approximate surface area is 129 Å². The molecule has 0 saturated heterocycles. The first kappa shape index (κ1) is 14.3. The van der Waals surface area contributed by atoms with Crippen molar-refractivity contribution in [3.63, 3.8) is 0 Å². The molecule has 0 unspecified atom stereocenters. The van der Waals surface area contributed by atoms with Crippen molar-refractivity contribution >= 4 is 16.8 Å². The zero-order chi connectivity index (χ0) is 15.5. The molecule has 0 saturated carbocycles. The third-order valence-corrected chi connectivity index (χ3v) is 3.61. The van der Waals surface area contributed by atoms with Crippen molar-refractivity contribution in [2.75, 3.05) is 0 Å². The first-order valence-electron chi connectivity index (χ1n) is 7.26. The monoisotopic (exact) mass is 294 g/mol. The number of pyridine rings is 1. The Bertz CT molecular complexity index is 809. The molecule has 0 bridgehead atoms. The molecule has 1 N–H and O–H groups in total. The number of carbonyl (C=O) groups is 1. The Morgan fingerprint density at radius 2 is 2.09 bits per heavy atom. The molecule has 2 aromatic heterocycles. The molecule has 22 heavy (non-hydrogen) atoms. The van der Waals surface area contributed by atoms with Gasteiger partial charge in [-0.05, 0) is 31.5 Å². The van der Waals surface area contributed by atoms with E-state index < -0.39 is 0 Å². The van der Waals surface area contributed by atoms with Gasteiger partial charge in [-0.15, -0.1) is 0 Å². The molecule has 0 fully saturated rings. The zero-order valence-electron chi connectivity index (χ0n) is 12.7. The van der Waals surface area contributed by atoms with E-state index in [4.69, 9.17) is 0 Å². The second kappa shape index (κ2) is 5.97. The van der Waals surface area contributed by atoms with Crippen LogP contribution in [0.1, 0.15) is 24.2 Å². The lowest BCUT2D eigenvalue weighted by molar-refractivity contribution is -0.124. The number of hydrogen-bond donors (Lipinski definition) is 1. The summed E-state index contributed by atoms with van der Waals surface area (Å²) in [5.74, 6) is -0.0712. The van der Waals surface area contributed by atoms with Crippen LogP contribution in [-0.4, -0.2) is 20.7 Å². The molecule has 0 spiro atoms. The number of nitrogens with zero attached hydrogens (tertiary/aromatic N) is 3. The van der Waals surface area contributed by atoms with E-state index in [1.54, 1.807) is 10.9 Å². The number of nitrogens with one attached hydrogen (secondary N) is 1. The topological polar surface area (TPSA) is 59.8 Å². The highest BCUT2D eigenvalue weighted by molar-refractivity contribution is 5.80. The molecule has 1 aromatic carbocycles. The molecule has 3 aromatic rings. The van der Waals surface area contributed by atoms with Crippen LogP contribution in [0.5, 0.6) is 0 Å². The van der Waals surface area contributed by atoms with Crippen molar-refractivity contribution < 1.29 is 4.79 Å². The van der Waals surface area contributed by atoms with E-state index in [-0.39, 0.29) is 11.9 Å². The predicted molar refractivity (Wildman–Crippen MR) is 85.3 cm³/mol. The standard InChI is InChI=1S/C17H18N4O/c1-12-9-19-21(11-12)13(2)17(22)18-10-15-8-7-14-5-3-4-6-16(14)20-15/h3-9,11,13H,10H2,1-2H3,(H,18,22)/t13-/m1/s1. The normalized spacial score (nSPS) is 12.3. The van der Waals surface area contributed by atoms with Crippen molar-refractivity contribution in [3.8, 4) is 0 Å². The number of para-hydroxylation sites is 1. The van der Waals surface area contributed by atoms with Gasteiger partial charge in [0.05, 0.1) is 24.0 Å². The Balaban J connectivity index is 1.66. The van der Waals surface area contributed by atoms with Crippen molar-refractivity contribution in [2.24, 2.45) is 0 Å². The highest BCUT2D eigenvalue weighted by atomic mass is 16.2. The largest absolute Gasteiger partial charge is 0.349 e. The van der Waals surface area contributed by atoms with Gasteiger partial charge in [0.2, 0.25) is 5.91 Å². The van der Waals surface area contributed by atoms with Crippen LogP contribution in [0.4, 0.5) is 0 Å². The first-order chi connectivity index (χ1) is 10.6. The van der Waals surface area contributed by atoms with Crippen LogP contribution in [0.25, 0.3) is 10.9 Å². The molecule has 2 heterocycles. The fourth-order valence-electron chi connectivity index (χ4n) is 2.30. The van der Waals surface area contributed by atoms with Crippen molar-refractivity contribution in [1.82, 2.24) is 20.1 Å². The van der Waals surface area contributed by atoms with Gasteiger partial charge in [-0.2, -0.15) is 5.10 Å². The maximum absolute atomic E-state index is 12.2. The number of aromatic nitrogens is 3. The summed E-state index contributed by atoms with van der Waals surface area (Å²) < 4.78 is 1.67. The summed E-state index contributed by atoms with van der Waals surface area (Å²) in [6.07, 6.45) is 3.60. The average molecular weight is 294 g/mol. The lowest BCUT2D eigenvalue weighted by Crippen LogP contribution is -2.31. The summed E-state index contributed by atoms with van der Waals surface area (Å²) in [5.41, 5.74) is 2.82. The maximum atomic E-state index is 12.2. The van der Waals surface area contributed by atoms with Crippen LogP contribution in [0.3, 0.4) is 0 Å². The lowest BCUT2D eigenvalue weighted by Gasteiger charge is -2.12. The smallest absolute Gasteiger partial charge is 0.244 e. The third kappa shape index (κ3) is 2.98. The van der Waals surface area contributed by atoms with Crippen LogP contribution in [0.2, 0.25) is 0 Å². The van der Waals surface area contributed by atoms with Gasteiger partial charge in [0.1, 0.15) is 6.04 Å². The van der Waals surface area contributed by atoms with Gasteiger partial charge < -0.3 is 5.32 Å². The minimum absolute atomic E-state index is 0.0712. The number of amides is 1. The van der Waals surface area contributed by atoms with Gasteiger partial charge in [-0.1, -0.05) is 24.3 Å². The number of rotatable bonds is 4. The van der Waals surface area contributed by atoms with Crippen molar-refractivity contribution in [3.05, 3.63) is 60.0 Å². The maximum Gasteiger partial charge on any atom is 0.244 e. The summed E-state index contributed by atoms with van der Waals surface area (Å²) >= 11 is 0. The Kier molecular flexibility index (Phi) is 3.87. The number of fused-ring (bicyclic) bond motifs is 1. The summed E-state index contributed by atoms with van der Waals surface area (Å²) in [6.45, 7) is 4.19. The highest BCUT2D eigenvalue weighted by Gasteiger charge is 2.15. The van der Waals surface area contributed by atoms with Gasteiger partial charge in [0.15, 0.2) is 0 Å². The molecule has 1 atom stereocenters. The fraction of sp³-hybridized carbons (Fsp3) is 0.235. The summed E-state index contributed by atoms with van der Waals surface area (Å²) in [6, 6.07) is 11.5. The summed E-state index contributed by atoms with van der Waals surface area (Å²) in [7, 11) is 0. The minimum atomic E-state index is -0.339. The van der Waals surface area contributed by atoms with E-state index in [0.717, 1.165) is 22.2 Å². The van der Waals surface area contributed by atoms with Crippen molar-refractivity contribution in [2.45, 2.75) is 26.4 Å². The zero-order valence-corrected chi connectivity index (χ0v) is 12.7. The van der Waals surface area contributed by atoms with Crippen molar-refractivity contribution in [1.29, 1.82) is 0 Å². The SMILES string of the molecule is Cc1cnn([C@H](C)C(=O)NCc2ccc3ccccc3n2)c1. The van der Waals surface area contributed by atoms with Gasteiger partial charge in [0, 0.05) is 11.6 Å². The Morgan fingerprint density at radius 1 is 1.27 bits per heavy atom. The van der Waals surface area contributed by atoms with E-state index >= 15 is 0 Å². The molecule has 3 rings (SSSR count). The number of aryl methyl sites for hydroxylation is 1. The third-order valence-electron chi connectivity index (χ3n) is 3.61. The molecule has 0 radical (unpaired) electrons. The average Bonchev–Trinajstić information content (AvgIpc) is 2.98. The van der Waals surface area contributed by atoms with Crippen LogP contribution in [0, 0.1) is 6.92 Å². The van der Waals surface area contributed by atoms with Crippen LogP contribution in [0.15, 0.2) is 48.8 Å². The molecule has 5 heteroatoms. The predicted octanol–water partition coefficient (Wildman–Crippen LogP) is 2.62. The van der Waals surface area contributed by atoms with Gasteiger partial charge in [-0.3, -0.25) is 14.5 Å². The van der Waals surface area contributed by atoms with Gasteiger partial charge >= 0.3 is 0 Å². The number of benzene rings is 1. The van der Waals surface area contributed by atoms with E-state index in [2.05, 4.69) is 15.4 Å². The molecule has 0 aliphatic rings. The fourth-order valence-corrected chi connectivity index (χ4v) is 2.30. The quantitative estimate of drug-likeness (QED) is 0.804. The lowest BCUT2D eigenvalue weighted by atomic mass is 10.2. The molecule has 0 aliphatic carbocycles. The van der Waals surface area contributed by atoms with Gasteiger partial charge in [0.25, 0.3) is 0 Å². The summed E-state index contributed by atoms with van der Waals surface area (Å²) in [4.78, 5) is 16.7. The molecular formula is C17H18N4O. The minimum Gasteiger partial charge on any atom is -0.349 e. The Hall–Kier alpha value is -2.69. The number of hydrogen-bond acceptors (Lipinski definition) is 3. The Morgan fingerprint density at radius 3 is 2.86 bits per heavy atom. The second-order valence-electron chi connectivity index (χ2n) is 5.39. The second-order valence-corrected chi connectivity index (χ2v) is 5.39. The van der Waals surface area contributed by atoms with E-state index in [1.807, 2.05) is 56.4 Å². The summed E-state index contributed by atoms with van der Waals surface area (Å²) in [5, 5.41) is 8.18. The van der Waals surface area contributed by atoms with Gasteiger partial charge in [-0.25, -0.2) is 0 Å². The molecule has 112 valence electrons. The van der Waals surface area contributed by atoms with Crippen LogP contribution < -0.4 is 5.32 Å². The first-order valence-corrected chi connectivity index (χ1v) is 7.26. The van der Waals surface area contributed by atoms with E-state index in [1.165, 1.54) is 0 Å². The van der Waals surface area contributed by atoms with E-state index in [9.17, 15) is 4.79 Å². The highest BCUT2D eigenvalue weighted by Crippen LogP contribution is 2.12. The van der Waals surface area contributed by atoms with Crippen LogP contribution in [-0.2, 0) is 11.3 Å². The molecule has 1 amide bonds. The number of carbonyl (C=O) groups excluding carboxylic acids is 1. The van der Waals surface area contributed by atoms with E-state index in [0.29, 0.717) is 6.54 Å².